The Morgan fingerprint density at radius 3 is 2.57 bits per heavy atom. The van der Waals surface area contributed by atoms with Gasteiger partial charge in [0.2, 0.25) is 0 Å². The summed E-state index contributed by atoms with van der Waals surface area (Å²) in [6.07, 6.45) is 5.27. The van der Waals surface area contributed by atoms with Crippen LogP contribution in [0.25, 0.3) is 0 Å². The average Bonchev–Trinajstić information content (AvgIpc) is 2.12. The van der Waals surface area contributed by atoms with Crippen molar-refractivity contribution in [3.63, 3.8) is 0 Å². The highest BCUT2D eigenvalue weighted by Crippen LogP contribution is 2.03. The van der Waals surface area contributed by atoms with Crippen molar-refractivity contribution < 1.29 is 14.7 Å². The summed E-state index contributed by atoms with van der Waals surface area (Å²) in [4.78, 5) is 11.2. The Bertz CT molecular complexity index is 232. The Labute approximate surface area is 84.4 Å². The number of carbonyl (C=O) groups is 1. The number of allylic oxidation sites excluding steroid dienone is 2. The molecule has 0 aromatic rings. The molecule has 0 saturated carbocycles. The van der Waals surface area contributed by atoms with Crippen LogP contribution in [0.5, 0.6) is 0 Å². The van der Waals surface area contributed by atoms with Gasteiger partial charge in [-0.05, 0) is 19.4 Å². The molecule has 4 nitrogen and oxygen atoms in total. The van der Waals surface area contributed by atoms with E-state index in [-0.39, 0.29) is 5.97 Å². The molecule has 0 radical (unpaired) electrons. The standard InChI is InChI=1S/C10H17NO3/c1-4-9(10(12)14-5-2)7-6-8-11(3)13/h6-8,13H,4-5H2,1-3H3/b8-6-,9-7+. The largest absolute Gasteiger partial charge is 0.463 e. The molecule has 0 rings (SSSR count). The van der Waals surface area contributed by atoms with Gasteiger partial charge in [-0.3, -0.25) is 10.3 Å². The zero-order chi connectivity index (χ0) is 11.0. The Balaban J connectivity index is 4.32. The van der Waals surface area contributed by atoms with E-state index in [1.165, 1.54) is 13.2 Å². The van der Waals surface area contributed by atoms with E-state index in [9.17, 15) is 4.79 Å². The predicted molar refractivity (Wildman–Crippen MR) is 53.7 cm³/mol. The number of hydrogen-bond donors (Lipinski definition) is 1. The molecule has 0 aliphatic carbocycles. The zero-order valence-corrected chi connectivity index (χ0v) is 8.86. The second-order valence-corrected chi connectivity index (χ2v) is 2.68. The minimum Gasteiger partial charge on any atom is -0.463 e. The van der Waals surface area contributed by atoms with E-state index in [2.05, 4.69) is 0 Å². The number of ether oxygens (including phenoxy) is 1. The van der Waals surface area contributed by atoms with Gasteiger partial charge in [0.05, 0.1) is 6.61 Å². The lowest BCUT2D eigenvalue weighted by molar-refractivity contribution is -0.138. The molecule has 0 aromatic carbocycles. The molecule has 0 aliphatic rings. The first-order valence-electron chi connectivity index (χ1n) is 4.58. The smallest absolute Gasteiger partial charge is 0.333 e. The molecule has 4 heteroatoms. The van der Waals surface area contributed by atoms with Crippen LogP contribution in [0, 0.1) is 0 Å². The predicted octanol–water partition coefficient (Wildman–Crippen LogP) is 1.72. The summed E-state index contributed by atoms with van der Waals surface area (Å²) < 4.78 is 4.84. The summed E-state index contributed by atoms with van der Waals surface area (Å²) in [5.41, 5.74) is 0.588. The summed E-state index contributed by atoms with van der Waals surface area (Å²) in [7, 11) is 1.49. The molecular weight excluding hydrogens is 182 g/mol. The topological polar surface area (TPSA) is 49.8 Å². The number of carbonyl (C=O) groups excluding carboxylic acids is 1. The van der Waals surface area contributed by atoms with Gasteiger partial charge in [-0.25, -0.2) is 4.79 Å². The van der Waals surface area contributed by atoms with Crippen LogP contribution in [0.15, 0.2) is 23.9 Å². The molecule has 14 heavy (non-hydrogen) atoms. The third-order valence-electron chi connectivity index (χ3n) is 1.52. The van der Waals surface area contributed by atoms with Crippen LogP contribution in [0.3, 0.4) is 0 Å². The zero-order valence-electron chi connectivity index (χ0n) is 8.86. The molecule has 1 N–H and O–H groups in total. The lowest BCUT2D eigenvalue weighted by Crippen LogP contribution is -2.07. The van der Waals surface area contributed by atoms with Crippen LogP contribution in [0.1, 0.15) is 20.3 Å². The monoisotopic (exact) mass is 199 g/mol. The average molecular weight is 199 g/mol. The van der Waals surface area contributed by atoms with Gasteiger partial charge in [-0.1, -0.05) is 13.0 Å². The third kappa shape index (κ3) is 5.37. The third-order valence-corrected chi connectivity index (χ3v) is 1.52. The van der Waals surface area contributed by atoms with Crippen molar-refractivity contribution >= 4 is 5.97 Å². The second kappa shape index (κ2) is 7.15. The first-order valence-corrected chi connectivity index (χ1v) is 4.58. The highest BCUT2D eigenvalue weighted by atomic mass is 16.5. The summed E-state index contributed by atoms with van der Waals surface area (Å²) in [6.45, 7) is 4.02. The van der Waals surface area contributed by atoms with Crippen molar-refractivity contribution in [2.24, 2.45) is 0 Å². The summed E-state index contributed by atoms with van der Waals surface area (Å²) in [6, 6.07) is 0. The fraction of sp³-hybridized carbons (Fsp3) is 0.500. The fourth-order valence-electron chi connectivity index (χ4n) is 0.838. The van der Waals surface area contributed by atoms with Gasteiger partial charge < -0.3 is 4.74 Å². The number of esters is 1. The van der Waals surface area contributed by atoms with Gasteiger partial charge in [0, 0.05) is 18.8 Å². The van der Waals surface area contributed by atoms with Crippen molar-refractivity contribution in [1.29, 1.82) is 0 Å². The van der Waals surface area contributed by atoms with Crippen LogP contribution in [0.4, 0.5) is 0 Å². The normalized spacial score (nSPS) is 11.9. The van der Waals surface area contributed by atoms with E-state index in [4.69, 9.17) is 9.94 Å². The molecule has 0 unspecified atom stereocenters. The van der Waals surface area contributed by atoms with Crippen LogP contribution in [0.2, 0.25) is 0 Å². The number of hydroxylamine groups is 2. The molecule has 0 bridgehead atoms. The molecule has 0 saturated heterocycles. The van der Waals surface area contributed by atoms with Gasteiger partial charge >= 0.3 is 5.97 Å². The highest BCUT2D eigenvalue weighted by molar-refractivity contribution is 5.88. The van der Waals surface area contributed by atoms with Gasteiger partial charge in [0.1, 0.15) is 0 Å². The fourth-order valence-corrected chi connectivity index (χ4v) is 0.838. The maximum absolute atomic E-state index is 11.2. The minimum atomic E-state index is -0.305. The maximum atomic E-state index is 11.2. The Morgan fingerprint density at radius 2 is 2.14 bits per heavy atom. The number of hydrogen-bond acceptors (Lipinski definition) is 4. The lowest BCUT2D eigenvalue weighted by atomic mass is 10.2. The SMILES string of the molecule is CCOC(=O)/C(=C/C=C\N(C)O)CC. The summed E-state index contributed by atoms with van der Waals surface area (Å²) >= 11 is 0. The van der Waals surface area contributed by atoms with Crippen molar-refractivity contribution in [2.45, 2.75) is 20.3 Å². The summed E-state index contributed by atoms with van der Waals surface area (Å²) in [5.74, 6) is -0.305. The first kappa shape index (κ1) is 12.7. The van der Waals surface area contributed by atoms with Crippen molar-refractivity contribution in [2.75, 3.05) is 13.7 Å². The van der Waals surface area contributed by atoms with Crippen LogP contribution in [-0.4, -0.2) is 29.9 Å². The van der Waals surface area contributed by atoms with Crippen LogP contribution < -0.4 is 0 Å². The molecule has 0 aliphatic heterocycles. The van der Waals surface area contributed by atoms with Gasteiger partial charge in [-0.2, -0.15) is 0 Å². The Kier molecular flexibility index (Phi) is 6.49. The number of nitrogens with zero attached hydrogens (tertiary/aromatic N) is 1. The second-order valence-electron chi connectivity index (χ2n) is 2.68. The molecule has 0 heterocycles. The number of rotatable bonds is 5. The van der Waals surface area contributed by atoms with Crippen molar-refractivity contribution in [3.05, 3.63) is 23.9 Å². The van der Waals surface area contributed by atoms with Crippen LogP contribution in [-0.2, 0) is 9.53 Å². The van der Waals surface area contributed by atoms with Crippen molar-refractivity contribution in [1.82, 2.24) is 5.06 Å². The van der Waals surface area contributed by atoms with Crippen molar-refractivity contribution in [3.8, 4) is 0 Å². The van der Waals surface area contributed by atoms with Crippen LogP contribution >= 0.6 is 0 Å². The van der Waals surface area contributed by atoms with E-state index in [0.717, 1.165) is 5.06 Å². The Morgan fingerprint density at radius 1 is 1.50 bits per heavy atom. The quantitative estimate of drug-likeness (QED) is 0.317. The van der Waals surface area contributed by atoms with E-state index < -0.39 is 0 Å². The van der Waals surface area contributed by atoms with Gasteiger partial charge in [0.15, 0.2) is 0 Å². The van der Waals surface area contributed by atoms with E-state index in [1.807, 2.05) is 6.92 Å². The van der Waals surface area contributed by atoms with E-state index >= 15 is 0 Å². The summed E-state index contributed by atoms with van der Waals surface area (Å²) in [5, 5.41) is 9.69. The maximum Gasteiger partial charge on any atom is 0.333 e. The molecule has 0 fully saturated rings. The van der Waals surface area contributed by atoms with Gasteiger partial charge in [-0.15, -0.1) is 0 Å². The van der Waals surface area contributed by atoms with E-state index in [1.54, 1.807) is 19.1 Å². The molecule has 0 amide bonds. The lowest BCUT2D eigenvalue weighted by Gasteiger charge is -2.03. The molecule has 0 aromatic heterocycles. The molecule has 0 spiro atoms. The highest BCUT2D eigenvalue weighted by Gasteiger charge is 2.05. The van der Waals surface area contributed by atoms with Gasteiger partial charge in [0.25, 0.3) is 0 Å². The molecule has 80 valence electrons. The molecular formula is C10H17NO3. The Hall–Kier alpha value is -1.29. The minimum absolute atomic E-state index is 0.305. The van der Waals surface area contributed by atoms with E-state index in [0.29, 0.717) is 18.6 Å². The first-order chi connectivity index (χ1) is 6.61. The molecule has 0 atom stereocenters.